The number of rotatable bonds is 6. The molecule has 0 spiro atoms. The summed E-state index contributed by atoms with van der Waals surface area (Å²) < 4.78 is 11.5. The van der Waals surface area contributed by atoms with Gasteiger partial charge >= 0.3 is 0 Å². The zero-order valence-corrected chi connectivity index (χ0v) is 16.4. The zero-order valence-electron chi connectivity index (χ0n) is 15.6. The first-order chi connectivity index (χ1) is 13.2. The highest BCUT2D eigenvalue weighted by atomic mass is 32.1. The van der Waals surface area contributed by atoms with Crippen molar-refractivity contribution in [1.29, 1.82) is 0 Å². The van der Waals surface area contributed by atoms with Crippen LogP contribution in [0.15, 0.2) is 48.5 Å². The molecule has 2 bridgehead atoms. The van der Waals surface area contributed by atoms with E-state index < -0.39 is 0 Å². The van der Waals surface area contributed by atoms with Gasteiger partial charge in [-0.05, 0) is 86.6 Å². The molecule has 0 amide bonds. The number of hydrogen-bond donors (Lipinski definition) is 2. The topological polar surface area (TPSA) is 42.5 Å². The standard InChI is InChI=1S/C22H26N2O2S/c1-2-25-17-9-11-18(12-10-17)26-21-6-4-3-5-19(21)23-22(27)24-20-14-15-7-8-16(20)13-15/h3-6,9-12,15-16,20H,2,7-8,13-14H2,1H3,(H2,23,24,27)/t15-,16-,20-/m1/s1. The van der Waals surface area contributed by atoms with Gasteiger partial charge in [0, 0.05) is 6.04 Å². The van der Waals surface area contributed by atoms with E-state index in [2.05, 4.69) is 10.6 Å². The van der Waals surface area contributed by atoms with E-state index in [1.807, 2.05) is 55.5 Å². The third-order valence-corrected chi connectivity index (χ3v) is 5.77. The summed E-state index contributed by atoms with van der Waals surface area (Å²) in [6.07, 6.45) is 5.33. The first-order valence-electron chi connectivity index (χ1n) is 9.78. The van der Waals surface area contributed by atoms with Crippen molar-refractivity contribution in [2.24, 2.45) is 11.8 Å². The molecule has 4 nitrogen and oxygen atoms in total. The van der Waals surface area contributed by atoms with Crippen LogP contribution >= 0.6 is 12.2 Å². The number of fused-ring (bicyclic) bond motifs is 2. The zero-order chi connectivity index (χ0) is 18.6. The number of hydrogen-bond acceptors (Lipinski definition) is 3. The van der Waals surface area contributed by atoms with Gasteiger partial charge in [0.2, 0.25) is 0 Å². The summed E-state index contributed by atoms with van der Waals surface area (Å²) in [5.74, 6) is 4.03. The summed E-state index contributed by atoms with van der Waals surface area (Å²) in [5, 5.41) is 7.52. The Balaban J connectivity index is 1.39. The summed E-state index contributed by atoms with van der Waals surface area (Å²) in [6.45, 7) is 2.62. The third-order valence-electron chi connectivity index (χ3n) is 5.55. The van der Waals surface area contributed by atoms with Crippen molar-refractivity contribution >= 4 is 23.0 Å². The Morgan fingerprint density at radius 2 is 1.81 bits per heavy atom. The molecule has 2 N–H and O–H groups in total. The second kappa shape index (κ2) is 8.17. The van der Waals surface area contributed by atoms with Gasteiger partial charge in [0.1, 0.15) is 11.5 Å². The smallest absolute Gasteiger partial charge is 0.171 e. The molecular formula is C22H26N2O2S. The summed E-state index contributed by atoms with van der Waals surface area (Å²) in [7, 11) is 0. The fourth-order valence-corrected chi connectivity index (χ4v) is 4.57. The van der Waals surface area contributed by atoms with Crippen LogP contribution in [0.1, 0.15) is 32.6 Å². The number of anilines is 1. The van der Waals surface area contributed by atoms with Crippen LogP contribution in [-0.2, 0) is 0 Å². The van der Waals surface area contributed by atoms with Crippen molar-refractivity contribution < 1.29 is 9.47 Å². The minimum Gasteiger partial charge on any atom is -0.494 e. The number of ether oxygens (including phenoxy) is 2. The molecule has 2 aliphatic rings. The first-order valence-corrected chi connectivity index (χ1v) is 10.2. The molecule has 0 saturated heterocycles. The molecule has 27 heavy (non-hydrogen) atoms. The second-order valence-electron chi connectivity index (χ2n) is 7.38. The first kappa shape index (κ1) is 18.1. The molecule has 2 aliphatic carbocycles. The summed E-state index contributed by atoms with van der Waals surface area (Å²) in [6, 6.07) is 16.0. The fourth-order valence-electron chi connectivity index (χ4n) is 4.30. The Hall–Kier alpha value is -2.27. The fraction of sp³-hybridized carbons (Fsp3) is 0.409. The van der Waals surface area contributed by atoms with E-state index >= 15 is 0 Å². The van der Waals surface area contributed by atoms with Gasteiger partial charge in [0.05, 0.1) is 12.3 Å². The number of nitrogens with one attached hydrogen (secondary N) is 2. The molecule has 2 aromatic carbocycles. The molecular weight excluding hydrogens is 356 g/mol. The van der Waals surface area contributed by atoms with E-state index in [4.69, 9.17) is 21.7 Å². The predicted molar refractivity (Wildman–Crippen MR) is 113 cm³/mol. The van der Waals surface area contributed by atoms with Crippen LogP contribution in [0, 0.1) is 11.8 Å². The van der Waals surface area contributed by atoms with Gasteiger partial charge in [-0.1, -0.05) is 18.6 Å². The van der Waals surface area contributed by atoms with E-state index in [1.54, 1.807) is 0 Å². The molecule has 0 radical (unpaired) electrons. The molecule has 0 unspecified atom stereocenters. The minimum atomic E-state index is 0.517. The summed E-state index contributed by atoms with van der Waals surface area (Å²) in [5.41, 5.74) is 0.868. The number of thiocarbonyl (C=S) groups is 1. The largest absolute Gasteiger partial charge is 0.494 e. The molecule has 142 valence electrons. The summed E-state index contributed by atoms with van der Waals surface area (Å²) in [4.78, 5) is 0. The van der Waals surface area contributed by atoms with E-state index in [1.165, 1.54) is 25.7 Å². The highest BCUT2D eigenvalue weighted by Crippen LogP contribution is 2.44. The molecule has 2 saturated carbocycles. The van der Waals surface area contributed by atoms with E-state index in [9.17, 15) is 0 Å². The van der Waals surface area contributed by atoms with Crippen LogP contribution in [0.2, 0.25) is 0 Å². The lowest BCUT2D eigenvalue weighted by Crippen LogP contribution is -2.40. The van der Waals surface area contributed by atoms with E-state index in [0.717, 1.165) is 34.8 Å². The lowest BCUT2D eigenvalue weighted by molar-refractivity contribution is 0.339. The Kier molecular flexibility index (Phi) is 5.48. The van der Waals surface area contributed by atoms with Crippen LogP contribution in [0.5, 0.6) is 17.2 Å². The van der Waals surface area contributed by atoms with Crippen molar-refractivity contribution in [3.05, 3.63) is 48.5 Å². The van der Waals surface area contributed by atoms with Crippen molar-refractivity contribution in [3.8, 4) is 17.2 Å². The van der Waals surface area contributed by atoms with Crippen LogP contribution in [0.4, 0.5) is 5.69 Å². The molecule has 0 aliphatic heterocycles. The maximum Gasteiger partial charge on any atom is 0.171 e. The maximum atomic E-state index is 6.06. The SMILES string of the molecule is CCOc1ccc(Oc2ccccc2NC(=S)N[C@@H]2C[C@@H]3CC[C@@H]2C3)cc1. The van der Waals surface area contributed by atoms with Crippen LogP contribution in [0.25, 0.3) is 0 Å². The van der Waals surface area contributed by atoms with Gasteiger partial charge in [-0.2, -0.15) is 0 Å². The molecule has 3 atom stereocenters. The molecule has 2 aromatic rings. The van der Waals surface area contributed by atoms with Crippen molar-refractivity contribution in [2.45, 2.75) is 38.6 Å². The monoisotopic (exact) mass is 382 g/mol. The van der Waals surface area contributed by atoms with Gasteiger partial charge in [0.25, 0.3) is 0 Å². The second-order valence-corrected chi connectivity index (χ2v) is 7.79. The lowest BCUT2D eigenvalue weighted by atomic mass is 9.96. The minimum absolute atomic E-state index is 0.517. The molecule has 2 fully saturated rings. The Morgan fingerprint density at radius 1 is 1.04 bits per heavy atom. The van der Waals surface area contributed by atoms with Crippen LogP contribution < -0.4 is 20.1 Å². The molecule has 5 heteroatoms. The Labute approximate surface area is 166 Å². The number of para-hydroxylation sites is 2. The van der Waals surface area contributed by atoms with Crippen molar-refractivity contribution in [2.75, 3.05) is 11.9 Å². The van der Waals surface area contributed by atoms with E-state index in [-0.39, 0.29) is 0 Å². The maximum absolute atomic E-state index is 6.06. The normalized spacial score (nSPS) is 23.1. The van der Waals surface area contributed by atoms with E-state index in [0.29, 0.717) is 17.8 Å². The lowest BCUT2D eigenvalue weighted by Gasteiger charge is -2.25. The molecule has 0 heterocycles. The average Bonchev–Trinajstić information content (AvgIpc) is 3.28. The van der Waals surface area contributed by atoms with Gasteiger partial charge < -0.3 is 20.1 Å². The predicted octanol–water partition coefficient (Wildman–Crippen LogP) is 5.35. The van der Waals surface area contributed by atoms with Crippen LogP contribution in [-0.4, -0.2) is 17.8 Å². The quantitative estimate of drug-likeness (QED) is 0.659. The molecule has 0 aromatic heterocycles. The molecule has 4 rings (SSSR count). The number of benzene rings is 2. The Bertz CT molecular complexity index is 793. The van der Waals surface area contributed by atoms with Gasteiger partial charge in [-0.15, -0.1) is 0 Å². The summed E-state index contributed by atoms with van der Waals surface area (Å²) >= 11 is 5.56. The van der Waals surface area contributed by atoms with Crippen molar-refractivity contribution in [1.82, 2.24) is 5.32 Å². The van der Waals surface area contributed by atoms with Crippen molar-refractivity contribution in [3.63, 3.8) is 0 Å². The van der Waals surface area contributed by atoms with Gasteiger partial charge in [-0.25, -0.2) is 0 Å². The van der Waals surface area contributed by atoms with Crippen LogP contribution in [0.3, 0.4) is 0 Å². The highest BCUT2D eigenvalue weighted by molar-refractivity contribution is 7.80. The van der Waals surface area contributed by atoms with Gasteiger partial charge in [-0.3, -0.25) is 0 Å². The Morgan fingerprint density at radius 3 is 2.52 bits per heavy atom. The highest BCUT2D eigenvalue weighted by Gasteiger charge is 2.39. The third kappa shape index (κ3) is 4.35. The average molecular weight is 383 g/mol. The van der Waals surface area contributed by atoms with Gasteiger partial charge in [0.15, 0.2) is 10.9 Å².